The van der Waals surface area contributed by atoms with Gasteiger partial charge in [0.1, 0.15) is 5.75 Å². The van der Waals surface area contributed by atoms with Crippen LogP contribution in [0.3, 0.4) is 0 Å². The molecule has 144 valence electrons. The summed E-state index contributed by atoms with van der Waals surface area (Å²) in [6, 6.07) is 7.91. The summed E-state index contributed by atoms with van der Waals surface area (Å²) in [5.74, 6) is 0.910. The molecule has 10 heteroatoms. The van der Waals surface area contributed by atoms with Crippen LogP contribution < -0.4 is 24.2 Å². The first kappa shape index (κ1) is 19.3. The van der Waals surface area contributed by atoms with Gasteiger partial charge in [-0.2, -0.15) is 4.72 Å². The van der Waals surface area contributed by atoms with E-state index in [4.69, 9.17) is 25.8 Å². The van der Waals surface area contributed by atoms with Gasteiger partial charge in [-0.15, -0.1) is 0 Å². The molecular formula is C17H17ClN2O6S. The highest BCUT2D eigenvalue weighted by molar-refractivity contribution is 7.89. The van der Waals surface area contributed by atoms with Crippen LogP contribution in [-0.4, -0.2) is 34.3 Å². The first-order chi connectivity index (χ1) is 12.8. The molecule has 1 amide bonds. The number of carbonyl (C=O) groups is 1. The average molecular weight is 413 g/mol. The number of sulfonamides is 1. The average Bonchev–Trinajstić information content (AvgIpc) is 3.09. The summed E-state index contributed by atoms with van der Waals surface area (Å²) in [5, 5.41) is 2.78. The Hall–Kier alpha value is -2.49. The Bertz CT molecular complexity index is 979. The minimum absolute atomic E-state index is 0.0731. The van der Waals surface area contributed by atoms with Gasteiger partial charge in [0.05, 0.1) is 23.1 Å². The molecule has 3 rings (SSSR count). The fourth-order valence-corrected chi connectivity index (χ4v) is 3.94. The SMILES string of the molecule is COc1ccc(S(=O)(=O)N[C@H](C)C(=O)Nc2ccc3c(c2)OCO3)cc1Cl. The number of amides is 1. The van der Waals surface area contributed by atoms with Gasteiger partial charge in [-0.3, -0.25) is 4.79 Å². The van der Waals surface area contributed by atoms with Gasteiger partial charge in [-0.25, -0.2) is 8.42 Å². The molecule has 1 atom stereocenters. The van der Waals surface area contributed by atoms with Crippen molar-refractivity contribution in [3.63, 3.8) is 0 Å². The number of benzene rings is 2. The van der Waals surface area contributed by atoms with Gasteiger partial charge >= 0.3 is 0 Å². The standard InChI is InChI=1S/C17H17ClN2O6S/c1-10(17(21)19-11-3-5-15-16(7-11)26-9-25-15)20-27(22,23)12-4-6-14(24-2)13(18)8-12/h3-8,10,20H,9H2,1-2H3,(H,19,21)/t10-/m1/s1. The number of halogens is 1. The number of ether oxygens (including phenoxy) is 3. The quantitative estimate of drug-likeness (QED) is 0.755. The van der Waals surface area contributed by atoms with Gasteiger partial charge in [0.25, 0.3) is 0 Å². The molecule has 1 aliphatic rings. The van der Waals surface area contributed by atoms with Crippen LogP contribution in [0.2, 0.25) is 5.02 Å². The lowest BCUT2D eigenvalue weighted by Crippen LogP contribution is -2.41. The molecule has 0 fully saturated rings. The van der Waals surface area contributed by atoms with Gasteiger partial charge in [-0.05, 0) is 37.3 Å². The third kappa shape index (κ3) is 4.26. The van der Waals surface area contributed by atoms with Crippen LogP contribution in [0.15, 0.2) is 41.3 Å². The fraction of sp³-hybridized carbons (Fsp3) is 0.235. The maximum absolute atomic E-state index is 12.5. The summed E-state index contributed by atoms with van der Waals surface area (Å²) >= 11 is 5.97. The number of anilines is 1. The molecule has 1 aliphatic heterocycles. The summed E-state index contributed by atoms with van der Waals surface area (Å²) in [4.78, 5) is 12.3. The lowest BCUT2D eigenvalue weighted by atomic mass is 10.2. The Balaban J connectivity index is 1.69. The molecule has 0 bridgehead atoms. The van der Waals surface area contributed by atoms with Crippen LogP contribution in [0.25, 0.3) is 0 Å². The Morgan fingerprint density at radius 2 is 1.93 bits per heavy atom. The van der Waals surface area contributed by atoms with Crippen LogP contribution >= 0.6 is 11.6 Å². The number of fused-ring (bicyclic) bond motifs is 1. The molecule has 27 heavy (non-hydrogen) atoms. The number of rotatable bonds is 6. The smallest absolute Gasteiger partial charge is 0.242 e. The van der Waals surface area contributed by atoms with Crippen LogP contribution in [0, 0.1) is 0 Å². The zero-order valence-corrected chi connectivity index (χ0v) is 16.1. The van der Waals surface area contributed by atoms with Crippen molar-refractivity contribution in [3.8, 4) is 17.2 Å². The molecule has 0 spiro atoms. The predicted molar refractivity (Wildman–Crippen MR) is 99.0 cm³/mol. The van der Waals surface area contributed by atoms with E-state index in [2.05, 4.69) is 10.0 Å². The molecular weight excluding hydrogens is 396 g/mol. The van der Waals surface area contributed by atoms with E-state index in [0.717, 1.165) is 0 Å². The third-order valence-corrected chi connectivity index (χ3v) is 5.63. The molecule has 2 aromatic carbocycles. The Morgan fingerprint density at radius 3 is 2.63 bits per heavy atom. The predicted octanol–water partition coefficient (Wildman–Crippen LogP) is 2.38. The monoisotopic (exact) mass is 412 g/mol. The molecule has 0 saturated carbocycles. The van der Waals surface area contributed by atoms with E-state index in [0.29, 0.717) is 22.9 Å². The second-order valence-electron chi connectivity index (χ2n) is 5.70. The van der Waals surface area contributed by atoms with Crippen LogP contribution in [-0.2, 0) is 14.8 Å². The van der Waals surface area contributed by atoms with E-state index in [1.807, 2.05) is 0 Å². The van der Waals surface area contributed by atoms with Crippen molar-refractivity contribution in [2.45, 2.75) is 17.9 Å². The summed E-state index contributed by atoms with van der Waals surface area (Å²) in [5.41, 5.74) is 0.461. The van der Waals surface area contributed by atoms with Gasteiger partial charge < -0.3 is 19.5 Å². The van der Waals surface area contributed by atoms with Crippen molar-refractivity contribution in [2.75, 3.05) is 19.2 Å². The fourth-order valence-electron chi connectivity index (χ4n) is 2.39. The second kappa shape index (κ2) is 7.63. The maximum Gasteiger partial charge on any atom is 0.242 e. The lowest BCUT2D eigenvalue weighted by molar-refractivity contribution is -0.117. The van der Waals surface area contributed by atoms with Gasteiger partial charge in [0, 0.05) is 11.8 Å². The number of hydrogen-bond acceptors (Lipinski definition) is 6. The van der Waals surface area contributed by atoms with E-state index >= 15 is 0 Å². The molecule has 0 aliphatic carbocycles. The van der Waals surface area contributed by atoms with E-state index in [9.17, 15) is 13.2 Å². The topological polar surface area (TPSA) is 103 Å². The highest BCUT2D eigenvalue weighted by Gasteiger charge is 2.23. The van der Waals surface area contributed by atoms with Crippen molar-refractivity contribution >= 4 is 33.2 Å². The minimum Gasteiger partial charge on any atom is -0.495 e. The minimum atomic E-state index is -3.95. The van der Waals surface area contributed by atoms with E-state index in [1.165, 1.54) is 32.2 Å². The third-order valence-electron chi connectivity index (χ3n) is 3.80. The Kier molecular flexibility index (Phi) is 5.45. The summed E-state index contributed by atoms with van der Waals surface area (Å²) in [7, 11) is -2.52. The molecule has 0 saturated heterocycles. The number of carbonyl (C=O) groups excluding carboxylic acids is 1. The highest BCUT2D eigenvalue weighted by atomic mass is 35.5. The van der Waals surface area contributed by atoms with Crippen molar-refractivity contribution in [1.29, 1.82) is 0 Å². The first-order valence-corrected chi connectivity index (χ1v) is 9.72. The Morgan fingerprint density at radius 1 is 1.19 bits per heavy atom. The van der Waals surface area contributed by atoms with E-state index < -0.39 is 22.0 Å². The van der Waals surface area contributed by atoms with Crippen molar-refractivity contribution in [3.05, 3.63) is 41.4 Å². The van der Waals surface area contributed by atoms with Gasteiger partial charge in [-0.1, -0.05) is 11.6 Å². The largest absolute Gasteiger partial charge is 0.495 e. The molecule has 2 N–H and O–H groups in total. The zero-order chi connectivity index (χ0) is 19.6. The lowest BCUT2D eigenvalue weighted by Gasteiger charge is -2.15. The van der Waals surface area contributed by atoms with Crippen molar-refractivity contribution in [1.82, 2.24) is 4.72 Å². The molecule has 2 aromatic rings. The van der Waals surface area contributed by atoms with Crippen molar-refractivity contribution in [2.24, 2.45) is 0 Å². The Labute approximate surface area is 161 Å². The summed E-state index contributed by atoms with van der Waals surface area (Å²) in [6.45, 7) is 1.55. The number of methoxy groups -OCH3 is 1. The van der Waals surface area contributed by atoms with Crippen LogP contribution in [0.5, 0.6) is 17.2 Å². The zero-order valence-electron chi connectivity index (χ0n) is 14.5. The number of nitrogens with one attached hydrogen (secondary N) is 2. The molecule has 0 radical (unpaired) electrons. The molecule has 0 aromatic heterocycles. The second-order valence-corrected chi connectivity index (χ2v) is 7.82. The summed E-state index contributed by atoms with van der Waals surface area (Å²) in [6.07, 6.45) is 0. The normalized spacial score (nSPS) is 13.9. The number of hydrogen-bond donors (Lipinski definition) is 2. The first-order valence-electron chi connectivity index (χ1n) is 7.86. The maximum atomic E-state index is 12.5. The van der Waals surface area contributed by atoms with Gasteiger partial charge in [0.2, 0.25) is 22.7 Å². The van der Waals surface area contributed by atoms with E-state index in [1.54, 1.807) is 18.2 Å². The molecule has 1 heterocycles. The van der Waals surface area contributed by atoms with Crippen LogP contribution in [0.4, 0.5) is 5.69 Å². The highest BCUT2D eigenvalue weighted by Crippen LogP contribution is 2.34. The molecule has 8 nitrogen and oxygen atoms in total. The molecule has 0 unspecified atom stereocenters. The summed E-state index contributed by atoms with van der Waals surface area (Å²) < 4.78 is 42.7. The van der Waals surface area contributed by atoms with Crippen molar-refractivity contribution < 1.29 is 27.4 Å². The van der Waals surface area contributed by atoms with Crippen LogP contribution in [0.1, 0.15) is 6.92 Å². The van der Waals surface area contributed by atoms with E-state index in [-0.39, 0.29) is 16.7 Å². The van der Waals surface area contributed by atoms with Gasteiger partial charge in [0.15, 0.2) is 11.5 Å².